The molecule has 1 aromatic carbocycles. The highest BCUT2D eigenvalue weighted by Gasteiger charge is 2.21. The van der Waals surface area contributed by atoms with Crippen LogP contribution < -0.4 is 5.32 Å². The van der Waals surface area contributed by atoms with Crippen molar-refractivity contribution in [3.05, 3.63) is 36.1 Å². The quantitative estimate of drug-likeness (QED) is 0.783. The minimum absolute atomic E-state index is 0.272. The van der Waals surface area contributed by atoms with E-state index >= 15 is 0 Å². The van der Waals surface area contributed by atoms with E-state index in [0.29, 0.717) is 11.5 Å². The Morgan fingerprint density at radius 1 is 1.35 bits per heavy atom. The monoisotopic (exact) mass is 286 g/mol. The summed E-state index contributed by atoms with van der Waals surface area (Å²) in [6.45, 7) is 0.808. The molecule has 0 fully saturated rings. The summed E-state index contributed by atoms with van der Waals surface area (Å²) in [6.07, 6.45) is 0. The summed E-state index contributed by atoms with van der Waals surface area (Å²) in [5, 5.41) is 12.5. The first kappa shape index (κ1) is 11.5. The normalized spacial score (nSPS) is 13.6. The number of furan rings is 1. The van der Waals surface area contributed by atoms with E-state index in [1.165, 1.54) is 0 Å². The molecule has 7 heteroatoms. The number of benzene rings is 1. The van der Waals surface area contributed by atoms with E-state index in [9.17, 15) is 4.79 Å². The number of hydrogen-bond acceptors (Lipinski definition) is 5. The second-order valence-electron chi connectivity index (χ2n) is 4.41. The van der Waals surface area contributed by atoms with Crippen LogP contribution in [0.3, 0.4) is 0 Å². The van der Waals surface area contributed by atoms with Crippen LogP contribution in [0.4, 0.5) is 5.95 Å². The predicted octanol–water partition coefficient (Wildman–Crippen LogP) is 2.38. The molecule has 0 saturated carbocycles. The molecule has 0 bridgehead atoms. The molecule has 0 atom stereocenters. The van der Waals surface area contributed by atoms with Gasteiger partial charge in [0, 0.05) is 17.7 Å². The van der Waals surface area contributed by atoms with Crippen molar-refractivity contribution in [3.63, 3.8) is 0 Å². The largest absolute Gasteiger partial charge is 0.451 e. The van der Waals surface area contributed by atoms with Crippen LogP contribution in [-0.2, 0) is 6.54 Å². The topological polar surface area (TPSA) is 73.0 Å². The van der Waals surface area contributed by atoms with Gasteiger partial charge in [-0.15, -0.1) is 10.2 Å². The van der Waals surface area contributed by atoms with Crippen molar-refractivity contribution in [2.75, 3.05) is 11.1 Å². The number of nitrogens with zero attached hydrogens (tertiary/aromatic N) is 3. The standard InChI is InChI=1S/C13H10N4O2S/c18-11(10-7-8-3-1-2-4-9(8)19-10)14-12-15-16-13-17(12)5-6-20-13/h1-4,7H,5-6H2,(H,14,15,18). The van der Waals surface area contributed by atoms with Crippen LogP contribution in [-0.4, -0.2) is 26.4 Å². The first-order valence-corrected chi connectivity index (χ1v) is 7.16. The molecule has 6 nitrogen and oxygen atoms in total. The van der Waals surface area contributed by atoms with Gasteiger partial charge in [-0.2, -0.15) is 0 Å². The smallest absolute Gasteiger partial charge is 0.293 e. The number of anilines is 1. The lowest BCUT2D eigenvalue weighted by Crippen LogP contribution is -2.15. The number of carbonyl (C=O) groups is 1. The minimum Gasteiger partial charge on any atom is -0.451 e. The van der Waals surface area contributed by atoms with E-state index in [1.807, 2.05) is 28.8 Å². The first-order valence-electron chi connectivity index (χ1n) is 6.17. The lowest BCUT2D eigenvalue weighted by molar-refractivity contribution is 0.0997. The molecule has 1 N–H and O–H groups in total. The summed E-state index contributed by atoms with van der Waals surface area (Å²) in [6, 6.07) is 9.23. The number of aromatic nitrogens is 3. The third-order valence-corrected chi connectivity index (χ3v) is 4.08. The molecule has 0 radical (unpaired) electrons. The van der Waals surface area contributed by atoms with Gasteiger partial charge in [-0.05, 0) is 12.1 Å². The molecule has 2 aromatic heterocycles. The highest BCUT2D eigenvalue weighted by atomic mass is 32.2. The molecule has 1 aliphatic heterocycles. The van der Waals surface area contributed by atoms with Gasteiger partial charge in [-0.25, -0.2) is 0 Å². The molecule has 1 aliphatic rings. The summed E-state index contributed by atoms with van der Waals surface area (Å²) in [5.41, 5.74) is 0.694. The van der Waals surface area contributed by atoms with Crippen molar-refractivity contribution in [2.45, 2.75) is 11.7 Å². The maximum absolute atomic E-state index is 12.2. The summed E-state index contributed by atoms with van der Waals surface area (Å²) < 4.78 is 7.42. The molecule has 1 amide bonds. The van der Waals surface area contributed by atoms with Crippen molar-refractivity contribution in [2.24, 2.45) is 0 Å². The van der Waals surface area contributed by atoms with Gasteiger partial charge >= 0.3 is 0 Å². The van der Waals surface area contributed by atoms with Gasteiger partial charge in [0.15, 0.2) is 10.9 Å². The molecular weight excluding hydrogens is 276 g/mol. The van der Waals surface area contributed by atoms with E-state index in [1.54, 1.807) is 17.8 Å². The molecular formula is C13H10N4O2S. The summed E-state index contributed by atoms with van der Waals surface area (Å²) in [5.74, 6) is 1.39. The Bertz CT molecular complexity index is 775. The van der Waals surface area contributed by atoms with Crippen LogP contribution >= 0.6 is 11.8 Å². The van der Waals surface area contributed by atoms with E-state index in [2.05, 4.69) is 15.5 Å². The van der Waals surface area contributed by atoms with Gasteiger partial charge in [0.1, 0.15) is 5.58 Å². The van der Waals surface area contributed by atoms with Crippen molar-refractivity contribution in [3.8, 4) is 0 Å². The Balaban J connectivity index is 1.63. The highest BCUT2D eigenvalue weighted by molar-refractivity contribution is 7.99. The maximum atomic E-state index is 12.2. The fourth-order valence-corrected chi connectivity index (χ4v) is 3.06. The Morgan fingerprint density at radius 3 is 3.15 bits per heavy atom. The number of fused-ring (bicyclic) bond motifs is 2. The third kappa shape index (κ3) is 1.78. The van der Waals surface area contributed by atoms with Crippen molar-refractivity contribution < 1.29 is 9.21 Å². The Labute approximate surface area is 118 Å². The molecule has 0 saturated heterocycles. The molecule has 100 valence electrons. The first-order chi connectivity index (χ1) is 9.81. The molecule has 0 aliphatic carbocycles. The van der Waals surface area contributed by atoms with E-state index < -0.39 is 0 Å². The molecule has 0 spiro atoms. The van der Waals surface area contributed by atoms with Gasteiger partial charge in [0.05, 0.1) is 0 Å². The Hall–Kier alpha value is -2.28. The molecule has 3 aromatic rings. The zero-order chi connectivity index (χ0) is 13.5. The number of thioether (sulfide) groups is 1. The number of hydrogen-bond donors (Lipinski definition) is 1. The van der Waals surface area contributed by atoms with Crippen molar-refractivity contribution in [1.82, 2.24) is 14.8 Å². The highest BCUT2D eigenvalue weighted by Crippen LogP contribution is 2.26. The Morgan fingerprint density at radius 2 is 2.25 bits per heavy atom. The number of carbonyl (C=O) groups excluding carboxylic acids is 1. The van der Waals surface area contributed by atoms with E-state index in [0.717, 1.165) is 22.8 Å². The summed E-state index contributed by atoms with van der Waals surface area (Å²) >= 11 is 1.63. The van der Waals surface area contributed by atoms with Crippen molar-refractivity contribution in [1.29, 1.82) is 0 Å². The lowest BCUT2D eigenvalue weighted by atomic mass is 10.2. The second kappa shape index (κ2) is 4.38. The fourth-order valence-electron chi connectivity index (χ4n) is 2.17. The van der Waals surface area contributed by atoms with E-state index in [-0.39, 0.29) is 11.7 Å². The Kier molecular flexibility index (Phi) is 2.53. The maximum Gasteiger partial charge on any atom is 0.293 e. The zero-order valence-corrected chi connectivity index (χ0v) is 11.2. The van der Waals surface area contributed by atoms with Gasteiger partial charge in [0.25, 0.3) is 5.91 Å². The number of nitrogens with one attached hydrogen (secondary N) is 1. The number of para-hydroxylation sites is 1. The van der Waals surface area contributed by atoms with Gasteiger partial charge < -0.3 is 4.42 Å². The van der Waals surface area contributed by atoms with Gasteiger partial charge in [-0.1, -0.05) is 30.0 Å². The molecule has 0 unspecified atom stereocenters. The SMILES string of the molecule is O=C(Nc1nnc2n1CCS2)c1cc2ccccc2o1. The zero-order valence-electron chi connectivity index (χ0n) is 10.4. The lowest BCUT2D eigenvalue weighted by Gasteiger charge is -2.02. The van der Waals surface area contributed by atoms with Crippen LogP contribution in [0.15, 0.2) is 39.9 Å². The molecule has 20 heavy (non-hydrogen) atoms. The number of amides is 1. The van der Waals surface area contributed by atoms with Crippen molar-refractivity contribution >= 4 is 34.6 Å². The second-order valence-corrected chi connectivity index (χ2v) is 5.47. The van der Waals surface area contributed by atoms with Crippen LogP contribution in [0.2, 0.25) is 0 Å². The average Bonchev–Trinajstić information content (AvgIpc) is 3.13. The molecule has 4 rings (SSSR count). The van der Waals surface area contributed by atoms with Gasteiger partial charge in [0.2, 0.25) is 5.95 Å². The van der Waals surface area contributed by atoms with Crippen LogP contribution in [0.5, 0.6) is 0 Å². The van der Waals surface area contributed by atoms with Crippen LogP contribution in [0.1, 0.15) is 10.6 Å². The van der Waals surface area contributed by atoms with E-state index in [4.69, 9.17) is 4.42 Å². The third-order valence-electron chi connectivity index (χ3n) is 3.14. The predicted molar refractivity (Wildman–Crippen MR) is 74.9 cm³/mol. The minimum atomic E-state index is -0.312. The summed E-state index contributed by atoms with van der Waals surface area (Å²) in [4.78, 5) is 12.2. The number of rotatable bonds is 2. The van der Waals surface area contributed by atoms with Crippen LogP contribution in [0, 0.1) is 0 Å². The van der Waals surface area contributed by atoms with Crippen LogP contribution in [0.25, 0.3) is 11.0 Å². The van der Waals surface area contributed by atoms with Gasteiger partial charge in [-0.3, -0.25) is 14.7 Å². The average molecular weight is 286 g/mol. The fraction of sp³-hybridized carbons (Fsp3) is 0.154. The molecule has 3 heterocycles. The summed E-state index contributed by atoms with van der Waals surface area (Å²) in [7, 11) is 0.